The molecule has 22 nitrogen and oxygen atoms in total. The van der Waals surface area contributed by atoms with Crippen molar-refractivity contribution in [1.29, 1.82) is 5.26 Å². The average Bonchev–Trinajstić information content (AvgIpc) is 3.58. The molecule has 82 heavy (non-hydrogen) atoms. The van der Waals surface area contributed by atoms with Crippen molar-refractivity contribution in [2.75, 3.05) is 47.1 Å². The van der Waals surface area contributed by atoms with E-state index in [1.54, 1.807) is 26.5 Å². The predicted molar refractivity (Wildman–Crippen MR) is 293 cm³/mol. The van der Waals surface area contributed by atoms with Gasteiger partial charge >= 0.3 is 23.5 Å². The number of benzene rings is 3. The maximum absolute atomic E-state index is 14.7. The highest BCUT2D eigenvalue weighted by Gasteiger charge is 2.51. The van der Waals surface area contributed by atoms with Crippen molar-refractivity contribution >= 4 is 20.3 Å². The van der Waals surface area contributed by atoms with Gasteiger partial charge in [0.2, 0.25) is 5.91 Å². The first-order valence-electron chi connectivity index (χ1n) is 26.5. The molecule has 0 aliphatic carbocycles. The third kappa shape index (κ3) is 14.8. The lowest BCUT2D eigenvalue weighted by molar-refractivity contribution is -0.174. The number of nitriles is 1. The van der Waals surface area contributed by atoms with E-state index in [4.69, 9.17) is 37.5 Å². The molecule has 0 spiro atoms. The molecule has 4 N–H and O–H groups in total. The fourth-order valence-electron chi connectivity index (χ4n) is 9.99. The molecule has 442 valence electrons. The first-order valence-corrected chi connectivity index (χ1v) is 27.6. The molecule has 2 aliphatic heterocycles. The summed E-state index contributed by atoms with van der Waals surface area (Å²) < 4.78 is 94.7. The summed E-state index contributed by atoms with van der Waals surface area (Å²) in [5.41, 5.74) is -1.77. The number of aryl methyl sites for hydroxylation is 2. The number of halogens is 3. The molecule has 2 fully saturated rings. The zero-order valence-electron chi connectivity index (χ0n) is 46.6. The highest BCUT2D eigenvalue weighted by molar-refractivity contribution is 7.44. The number of ether oxygens (including phenoxy) is 6. The Morgan fingerprint density at radius 1 is 0.780 bits per heavy atom. The van der Waals surface area contributed by atoms with Crippen molar-refractivity contribution in [2.24, 2.45) is 5.92 Å². The molecule has 1 unspecified atom stereocenters. The number of carbonyl (C=O) groups excluding carboxylic acids is 2. The fraction of sp³-hybridized carbons (Fsp3) is 0.482. The van der Waals surface area contributed by atoms with Crippen molar-refractivity contribution < 1.29 is 60.2 Å². The number of amides is 2. The summed E-state index contributed by atoms with van der Waals surface area (Å²) >= 11 is 0. The smallest absolute Gasteiger partial charge is 0.471 e. The number of aromatic amines is 2. The summed E-state index contributed by atoms with van der Waals surface area (Å²) in [4.78, 5) is 83.2. The Bertz CT molecular complexity index is 3190. The van der Waals surface area contributed by atoms with Crippen LogP contribution in [0.3, 0.4) is 0 Å². The maximum Gasteiger partial charge on any atom is 0.471 e. The van der Waals surface area contributed by atoms with Gasteiger partial charge in [0.1, 0.15) is 41.6 Å². The fourth-order valence-corrected chi connectivity index (χ4v) is 11.8. The lowest BCUT2D eigenvalue weighted by atomic mass is 9.80. The standard InChI is InChI=1S/C56H68F3N8O14P/c1-33(2)67(34(3)4)82(78-25-12-23-60)81-47-43(80-51(66-31-36(6)50(70)64-54(66)73)48(47)76-26-24-61-52(71)56(57,58)59)29-62-45(68)27-37-28-46(65-30-35(5)49(69)63-53(65)72)79-44(37)32-77-55(38-13-10-9-11-14-38,39-15-19-41(74-7)20-16-39)40-17-21-42(75-8)22-18-40/h9-11,13-22,30-31,33-34,37,43-44,46-48,51H,12,24-29,32H2,1-8H3,(H,61,71)(H,62,68)(H,63,69,72)(H,64,70,73)/t37-,43+,44+,46+,47+,48+,51+,82?/m0/s1. The Labute approximate surface area is 471 Å². The summed E-state index contributed by atoms with van der Waals surface area (Å²) in [5, 5.41) is 14.2. The second-order valence-electron chi connectivity index (χ2n) is 20.2. The Hall–Kier alpha value is -7.01. The van der Waals surface area contributed by atoms with E-state index in [9.17, 15) is 47.2 Å². The van der Waals surface area contributed by atoms with Crippen LogP contribution in [-0.2, 0) is 43.2 Å². The molecule has 4 heterocycles. The van der Waals surface area contributed by atoms with Crippen LogP contribution in [0.5, 0.6) is 11.5 Å². The Morgan fingerprint density at radius 2 is 1.34 bits per heavy atom. The highest BCUT2D eigenvalue weighted by Crippen LogP contribution is 2.51. The second-order valence-corrected chi connectivity index (χ2v) is 21.6. The molecule has 7 rings (SSSR count). The summed E-state index contributed by atoms with van der Waals surface area (Å²) in [6, 6.07) is 25.9. The van der Waals surface area contributed by atoms with E-state index in [-0.39, 0.29) is 62.2 Å². The quantitative estimate of drug-likeness (QED) is 0.0291. The number of rotatable bonds is 26. The minimum Gasteiger partial charge on any atom is -0.497 e. The SMILES string of the molecule is COc1ccc(C(OC[C@H]2O[C@@H](n3cc(C)c(=O)[nH]c3=O)C[C@@H]2CC(=O)NC[C@H]2O[C@@H](n3cc(C)c(=O)[nH]c3=O)[C@H](OCCNC(=O)C(F)(F)F)[C@@H]2OP(OCCC#N)N(C(C)C)C(C)C)(c2ccccc2)c2ccc(OC)cc2)cc1. The molecule has 26 heteroatoms. The first-order chi connectivity index (χ1) is 39.1. The van der Waals surface area contributed by atoms with Gasteiger partial charge in [-0.2, -0.15) is 18.4 Å². The number of carbonyl (C=O) groups is 2. The Morgan fingerprint density at radius 3 is 1.89 bits per heavy atom. The molecule has 2 amide bonds. The molecule has 0 bridgehead atoms. The van der Waals surface area contributed by atoms with Gasteiger partial charge in [0.05, 0.1) is 52.6 Å². The van der Waals surface area contributed by atoms with Crippen LogP contribution in [0.15, 0.2) is 110 Å². The number of hydrogen-bond donors (Lipinski definition) is 4. The van der Waals surface area contributed by atoms with Gasteiger partial charge < -0.3 is 48.1 Å². The van der Waals surface area contributed by atoms with Gasteiger partial charge in [-0.05, 0) is 88.9 Å². The van der Waals surface area contributed by atoms with Crippen molar-refractivity contribution in [2.45, 2.75) is 122 Å². The number of nitrogens with zero attached hydrogens (tertiary/aromatic N) is 4. The Balaban J connectivity index is 1.24. The van der Waals surface area contributed by atoms with Crippen molar-refractivity contribution in [3.63, 3.8) is 0 Å². The molecular weight excluding hydrogens is 1100 g/mol. The van der Waals surface area contributed by atoms with Gasteiger partial charge in [-0.3, -0.25) is 38.3 Å². The molecule has 0 saturated carbocycles. The predicted octanol–water partition coefficient (Wildman–Crippen LogP) is 5.76. The van der Waals surface area contributed by atoms with Crippen LogP contribution in [0.25, 0.3) is 0 Å². The number of aromatic nitrogens is 4. The molecule has 2 saturated heterocycles. The van der Waals surface area contributed by atoms with E-state index >= 15 is 0 Å². The maximum atomic E-state index is 14.7. The molecule has 8 atom stereocenters. The van der Waals surface area contributed by atoms with E-state index in [1.165, 1.54) is 23.9 Å². The molecule has 0 radical (unpaired) electrons. The summed E-state index contributed by atoms with van der Waals surface area (Å²) in [7, 11) is 0.994. The van der Waals surface area contributed by atoms with Crippen molar-refractivity contribution in [1.82, 2.24) is 34.4 Å². The van der Waals surface area contributed by atoms with Crippen LogP contribution in [0.1, 0.15) is 87.2 Å². The molecule has 2 aromatic heterocycles. The minimum atomic E-state index is -5.19. The monoisotopic (exact) mass is 1160 g/mol. The van der Waals surface area contributed by atoms with Gasteiger partial charge in [-0.1, -0.05) is 54.6 Å². The molecule has 3 aromatic carbocycles. The zero-order chi connectivity index (χ0) is 59.5. The summed E-state index contributed by atoms with van der Waals surface area (Å²) in [5.74, 6) is -2.23. The number of methoxy groups -OCH3 is 2. The largest absolute Gasteiger partial charge is 0.497 e. The van der Waals surface area contributed by atoms with E-state index in [2.05, 4.69) is 15.3 Å². The van der Waals surface area contributed by atoms with E-state index in [0.717, 1.165) is 10.1 Å². The Kier molecular flexibility index (Phi) is 21.2. The van der Waals surface area contributed by atoms with Crippen LogP contribution < -0.4 is 42.6 Å². The number of alkyl halides is 3. The topological polar surface area (TPSA) is 269 Å². The normalized spacial score (nSPS) is 20.5. The second kappa shape index (κ2) is 27.8. The van der Waals surface area contributed by atoms with Gasteiger partial charge in [0, 0.05) is 61.0 Å². The molecule has 2 aliphatic rings. The lowest BCUT2D eigenvalue weighted by Crippen LogP contribution is -2.45. The molecular formula is C56H68F3N8O14P. The van der Waals surface area contributed by atoms with Crippen LogP contribution >= 0.6 is 8.53 Å². The van der Waals surface area contributed by atoms with Crippen LogP contribution in [0.2, 0.25) is 0 Å². The lowest BCUT2D eigenvalue weighted by Gasteiger charge is -2.38. The van der Waals surface area contributed by atoms with Crippen molar-refractivity contribution in [3.05, 3.63) is 161 Å². The van der Waals surface area contributed by atoms with Crippen LogP contribution in [-0.4, -0.2) is 125 Å². The van der Waals surface area contributed by atoms with E-state index < -0.39 is 111 Å². The first kappa shape index (κ1) is 62.6. The van der Waals surface area contributed by atoms with Gasteiger partial charge in [-0.15, -0.1) is 0 Å². The van der Waals surface area contributed by atoms with Gasteiger partial charge in [0.25, 0.3) is 19.6 Å². The minimum absolute atomic E-state index is 0.0230. The summed E-state index contributed by atoms with van der Waals surface area (Å²) in [6.07, 6.45) is -9.99. The third-order valence-electron chi connectivity index (χ3n) is 13.9. The average molecular weight is 1170 g/mol. The van der Waals surface area contributed by atoms with E-state index in [1.807, 2.05) is 117 Å². The van der Waals surface area contributed by atoms with Crippen molar-refractivity contribution in [3.8, 4) is 17.6 Å². The van der Waals surface area contributed by atoms with Gasteiger partial charge in [0.15, 0.2) is 6.23 Å². The number of hydrogen-bond acceptors (Lipinski definition) is 16. The van der Waals surface area contributed by atoms with E-state index in [0.29, 0.717) is 22.6 Å². The van der Waals surface area contributed by atoms with Crippen LogP contribution in [0, 0.1) is 31.1 Å². The van der Waals surface area contributed by atoms with Crippen LogP contribution in [0.4, 0.5) is 13.2 Å². The number of nitrogens with one attached hydrogen (secondary N) is 4. The van der Waals surface area contributed by atoms with Gasteiger partial charge in [-0.25, -0.2) is 14.3 Å². The third-order valence-corrected chi connectivity index (χ3v) is 16.1. The zero-order valence-corrected chi connectivity index (χ0v) is 47.5. The highest BCUT2D eigenvalue weighted by atomic mass is 31.2. The summed E-state index contributed by atoms with van der Waals surface area (Å²) in [6.45, 7) is 8.78. The number of H-pyrrole nitrogens is 2. The molecule has 5 aromatic rings.